The van der Waals surface area contributed by atoms with E-state index in [-0.39, 0.29) is 5.91 Å². The molecule has 3 aromatic carbocycles. The number of aryl methyl sites for hydroxylation is 1. The number of aromatic nitrogens is 1. The highest BCUT2D eigenvalue weighted by Gasteiger charge is 2.13. The first-order chi connectivity index (χ1) is 14.9. The summed E-state index contributed by atoms with van der Waals surface area (Å²) in [6, 6.07) is 21.4. The molecule has 0 saturated carbocycles. The number of anilines is 1. The van der Waals surface area contributed by atoms with Gasteiger partial charge in [0.1, 0.15) is 22.9 Å². The molecule has 156 valence electrons. The van der Waals surface area contributed by atoms with Gasteiger partial charge in [0.05, 0.1) is 5.02 Å². The molecule has 0 fully saturated rings. The third kappa shape index (κ3) is 4.54. The number of para-hydroxylation sites is 1. The van der Waals surface area contributed by atoms with Crippen LogP contribution in [-0.4, -0.2) is 16.4 Å². The maximum atomic E-state index is 12.7. The SMILES string of the molecule is CC(=O)Oc1ccc(Oc2ccc(NC(=O)c3cc4ccccc4n3C)cc2)c(Cl)c1. The van der Waals surface area contributed by atoms with Gasteiger partial charge in [-0.15, -0.1) is 0 Å². The molecule has 0 radical (unpaired) electrons. The summed E-state index contributed by atoms with van der Waals surface area (Å²) in [6.45, 7) is 1.32. The molecular weight excluding hydrogens is 416 g/mol. The number of ether oxygens (including phenoxy) is 2. The molecule has 7 heteroatoms. The number of fused-ring (bicyclic) bond motifs is 1. The molecule has 0 atom stereocenters. The van der Waals surface area contributed by atoms with Crippen LogP contribution in [0.15, 0.2) is 72.8 Å². The Hall–Kier alpha value is -3.77. The number of carbonyl (C=O) groups is 2. The van der Waals surface area contributed by atoms with Gasteiger partial charge in [0.2, 0.25) is 0 Å². The summed E-state index contributed by atoms with van der Waals surface area (Å²) >= 11 is 6.20. The maximum absolute atomic E-state index is 12.7. The fourth-order valence-electron chi connectivity index (χ4n) is 3.23. The predicted octanol–water partition coefficient (Wildman–Crippen LogP) is 5.80. The van der Waals surface area contributed by atoms with Crippen LogP contribution < -0.4 is 14.8 Å². The zero-order chi connectivity index (χ0) is 22.0. The number of halogens is 1. The van der Waals surface area contributed by atoms with Crippen LogP contribution in [0.4, 0.5) is 5.69 Å². The molecule has 1 amide bonds. The molecule has 0 aliphatic carbocycles. The Morgan fingerprint density at radius 3 is 2.32 bits per heavy atom. The molecule has 4 rings (SSSR count). The van der Waals surface area contributed by atoms with Gasteiger partial charge in [0.25, 0.3) is 5.91 Å². The van der Waals surface area contributed by atoms with Crippen LogP contribution in [0.2, 0.25) is 5.02 Å². The van der Waals surface area contributed by atoms with Crippen LogP contribution in [0.25, 0.3) is 10.9 Å². The smallest absolute Gasteiger partial charge is 0.308 e. The second kappa shape index (κ2) is 8.53. The molecule has 1 N–H and O–H groups in total. The lowest BCUT2D eigenvalue weighted by molar-refractivity contribution is -0.131. The van der Waals surface area contributed by atoms with Gasteiger partial charge >= 0.3 is 5.97 Å². The van der Waals surface area contributed by atoms with Gasteiger partial charge in [-0.25, -0.2) is 0 Å². The number of esters is 1. The Balaban J connectivity index is 1.45. The Kier molecular flexibility index (Phi) is 5.64. The average molecular weight is 435 g/mol. The molecule has 6 nitrogen and oxygen atoms in total. The van der Waals surface area contributed by atoms with Crippen molar-refractivity contribution < 1.29 is 19.1 Å². The van der Waals surface area contributed by atoms with E-state index < -0.39 is 5.97 Å². The number of benzene rings is 3. The lowest BCUT2D eigenvalue weighted by Gasteiger charge is -2.10. The summed E-state index contributed by atoms with van der Waals surface area (Å²) in [5.41, 5.74) is 2.20. The molecule has 0 spiro atoms. The Labute approximate surface area is 184 Å². The van der Waals surface area contributed by atoms with Crippen molar-refractivity contribution in [2.24, 2.45) is 7.05 Å². The van der Waals surface area contributed by atoms with Crippen molar-refractivity contribution in [1.29, 1.82) is 0 Å². The van der Waals surface area contributed by atoms with Gasteiger partial charge in [-0.2, -0.15) is 0 Å². The van der Waals surface area contributed by atoms with E-state index in [1.165, 1.54) is 13.0 Å². The Morgan fingerprint density at radius 2 is 1.65 bits per heavy atom. The van der Waals surface area contributed by atoms with Gasteiger partial charge in [-0.1, -0.05) is 29.8 Å². The van der Waals surface area contributed by atoms with E-state index in [1.807, 2.05) is 41.9 Å². The number of hydrogen-bond donors (Lipinski definition) is 1. The first-order valence-electron chi connectivity index (χ1n) is 9.52. The predicted molar refractivity (Wildman–Crippen MR) is 120 cm³/mol. The van der Waals surface area contributed by atoms with Crippen LogP contribution in [0.1, 0.15) is 17.4 Å². The molecular formula is C24H19ClN2O4. The molecule has 31 heavy (non-hydrogen) atoms. The van der Waals surface area contributed by atoms with E-state index >= 15 is 0 Å². The van der Waals surface area contributed by atoms with Gasteiger partial charge in [-0.05, 0) is 48.5 Å². The highest BCUT2D eigenvalue weighted by atomic mass is 35.5. The van der Waals surface area contributed by atoms with E-state index in [0.717, 1.165) is 10.9 Å². The first kappa shape index (κ1) is 20.5. The topological polar surface area (TPSA) is 69.6 Å². The number of amides is 1. The fraction of sp³-hybridized carbons (Fsp3) is 0.0833. The fourth-order valence-corrected chi connectivity index (χ4v) is 3.44. The zero-order valence-corrected chi connectivity index (χ0v) is 17.6. The van der Waals surface area contributed by atoms with Gasteiger partial charge < -0.3 is 19.4 Å². The van der Waals surface area contributed by atoms with Crippen molar-refractivity contribution in [3.8, 4) is 17.2 Å². The van der Waals surface area contributed by atoms with E-state index in [9.17, 15) is 9.59 Å². The summed E-state index contributed by atoms with van der Waals surface area (Å²) in [4.78, 5) is 23.8. The first-order valence-corrected chi connectivity index (χ1v) is 9.90. The quantitative estimate of drug-likeness (QED) is 0.318. The third-order valence-electron chi connectivity index (χ3n) is 4.69. The van der Waals surface area contributed by atoms with Crippen LogP contribution in [-0.2, 0) is 11.8 Å². The van der Waals surface area contributed by atoms with E-state index in [0.29, 0.717) is 33.7 Å². The molecule has 0 aliphatic rings. The number of nitrogens with one attached hydrogen (secondary N) is 1. The van der Waals surface area contributed by atoms with Crippen molar-refractivity contribution in [2.45, 2.75) is 6.92 Å². The summed E-state index contributed by atoms with van der Waals surface area (Å²) in [6.07, 6.45) is 0. The van der Waals surface area contributed by atoms with Crippen molar-refractivity contribution >= 4 is 40.1 Å². The second-order valence-electron chi connectivity index (χ2n) is 6.91. The van der Waals surface area contributed by atoms with Crippen LogP contribution in [0, 0.1) is 0 Å². The maximum Gasteiger partial charge on any atom is 0.308 e. The van der Waals surface area contributed by atoms with Crippen LogP contribution in [0.5, 0.6) is 17.2 Å². The van der Waals surface area contributed by atoms with Crippen LogP contribution >= 0.6 is 11.6 Å². The van der Waals surface area contributed by atoms with Gasteiger partial charge in [0.15, 0.2) is 0 Å². The Morgan fingerprint density at radius 1 is 0.935 bits per heavy atom. The second-order valence-corrected chi connectivity index (χ2v) is 7.32. The molecule has 0 aliphatic heterocycles. The summed E-state index contributed by atoms with van der Waals surface area (Å²) in [5.74, 6) is 0.688. The molecule has 0 bridgehead atoms. The zero-order valence-electron chi connectivity index (χ0n) is 16.9. The molecule has 4 aromatic rings. The van der Waals surface area contributed by atoms with E-state index in [2.05, 4.69) is 5.32 Å². The average Bonchev–Trinajstić information content (AvgIpc) is 3.08. The van der Waals surface area contributed by atoms with E-state index in [1.54, 1.807) is 36.4 Å². The standard InChI is InChI=1S/C24H19ClN2O4/c1-15(28)30-19-11-12-23(20(25)14-19)31-18-9-7-17(8-10-18)26-24(29)22-13-16-5-3-4-6-21(16)27(22)2/h3-14H,1-2H3,(H,26,29). The molecule has 0 saturated heterocycles. The minimum Gasteiger partial charge on any atom is -0.456 e. The number of carbonyl (C=O) groups excluding carboxylic acids is 2. The van der Waals surface area contributed by atoms with Crippen molar-refractivity contribution in [3.05, 3.63) is 83.5 Å². The van der Waals surface area contributed by atoms with Crippen molar-refractivity contribution in [2.75, 3.05) is 5.32 Å². The van der Waals surface area contributed by atoms with Gasteiger partial charge in [-0.3, -0.25) is 9.59 Å². The van der Waals surface area contributed by atoms with Crippen molar-refractivity contribution in [3.63, 3.8) is 0 Å². The lowest BCUT2D eigenvalue weighted by atomic mass is 10.2. The summed E-state index contributed by atoms with van der Waals surface area (Å²) < 4.78 is 12.6. The molecule has 1 aromatic heterocycles. The van der Waals surface area contributed by atoms with E-state index in [4.69, 9.17) is 21.1 Å². The normalized spacial score (nSPS) is 10.7. The highest BCUT2D eigenvalue weighted by molar-refractivity contribution is 6.32. The number of hydrogen-bond acceptors (Lipinski definition) is 4. The molecule has 0 unspecified atom stereocenters. The summed E-state index contributed by atoms with van der Waals surface area (Å²) in [7, 11) is 1.87. The largest absolute Gasteiger partial charge is 0.456 e. The lowest BCUT2D eigenvalue weighted by Crippen LogP contribution is -2.15. The monoisotopic (exact) mass is 434 g/mol. The Bertz CT molecular complexity index is 1280. The molecule has 1 heterocycles. The highest BCUT2D eigenvalue weighted by Crippen LogP contribution is 2.33. The number of nitrogens with zero attached hydrogens (tertiary/aromatic N) is 1. The van der Waals surface area contributed by atoms with Crippen molar-refractivity contribution in [1.82, 2.24) is 4.57 Å². The minimum atomic E-state index is -0.425. The van der Waals surface area contributed by atoms with Gasteiger partial charge in [0, 0.05) is 36.6 Å². The third-order valence-corrected chi connectivity index (χ3v) is 4.98. The van der Waals surface area contributed by atoms with Crippen LogP contribution in [0.3, 0.4) is 0 Å². The minimum absolute atomic E-state index is 0.198. The number of rotatable bonds is 5. The summed E-state index contributed by atoms with van der Waals surface area (Å²) in [5, 5.41) is 4.22.